The Morgan fingerprint density at radius 3 is 1.43 bits per heavy atom. The first-order chi connectivity index (χ1) is 29.1. The van der Waals surface area contributed by atoms with E-state index in [9.17, 15) is 36.7 Å². The molecule has 0 fully saturated rings. The first kappa shape index (κ1) is 46.7. The van der Waals surface area contributed by atoms with Crippen LogP contribution in [0.15, 0.2) is 121 Å². The predicted octanol–water partition coefficient (Wildman–Crippen LogP) is 10.2. The van der Waals surface area contributed by atoms with E-state index >= 15 is 0 Å². The van der Waals surface area contributed by atoms with Crippen LogP contribution in [0.4, 0.5) is 17.6 Å². The topological polar surface area (TPSA) is 163 Å². The summed E-state index contributed by atoms with van der Waals surface area (Å²) in [6, 6.07) is 27.5. The SMILES string of the molecule is COC(=O)c1ccc(CN)cc1F.COC(=O)c1ccc(CNC(=O)c2cc(Cl)ccc2Oc2ccc(F)cc2)cc1F.O=C(O)c1cc(Cl)ccc1Oc1ccc(F)cc1. The predicted molar refractivity (Wildman–Crippen MR) is 217 cm³/mol. The van der Waals surface area contributed by atoms with Crippen LogP contribution < -0.4 is 20.5 Å². The van der Waals surface area contributed by atoms with Gasteiger partial charge in [-0.1, -0.05) is 35.3 Å². The molecule has 0 spiro atoms. The highest BCUT2D eigenvalue weighted by molar-refractivity contribution is 6.31. The van der Waals surface area contributed by atoms with Gasteiger partial charge in [-0.05, 0) is 120 Å². The summed E-state index contributed by atoms with van der Waals surface area (Å²) in [5.41, 5.74) is 6.21. The highest BCUT2D eigenvalue weighted by Gasteiger charge is 2.17. The second kappa shape index (κ2) is 22.4. The molecule has 0 aliphatic rings. The highest BCUT2D eigenvalue weighted by Crippen LogP contribution is 2.30. The number of carboxylic acid groups (broad SMARTS) is 1. The number of ether oxygens (including phenoxy) is 4. The minimum Gasteiger partial charge on any atom is -0.478 e. The van der Waals surface area contributed by atoms with Crippen molar-refractivity contribution in [3.05, 3.63) is 188 Å². The molecule has 0 unspecified atom stereocenters. The van der Waals surface area contributed by atoms with Crippen molar-refractivity contribution in [2.45, 2.75) is 13.1 Å². The fourth-order valence-electron chi connectivity index (χ4n) is 4.97. The third-order valence-electron chi connectivity index (χ3n) is 8.01. The summed E-state index contributed by atoms with van der Waals surface area (Å²) in [6.45, 7) is 0.248. The lowest BCUT2D eigenvalue weighted by Crippen LogP contribution is -2.23. The monoisotopic (exact) mass is 880 g/mol. The van der Waals surface area contributed by atoms with E-state index in [1.165, 1.54) is 110 Å². The molecule has 1 amide bonds. The number of rotatable bonds is 11. The summed E-state index contributed by atoms with van der Waals surface area (Å²) >= 11 is 11.7. The number of carbonyl (C=O) groups is 4. The molecular formula is C44H34Cl2F4N2O9. The van der Waals surface area contributed by atoms with Gasteiger partial charge in [0, 0.05) is 23.1 Å². The van der Waals surface area contributed by atoms with Crippen molar-refractivity contribution < 1.29 is 60.8 Å². The van der Waals surface area contributed by atoms with Crippen molar-refractivity contribution in [1.82, 2.24) is 5.32 Å². The van der Waals surface area contributed by atoms with Crippen molar-refractivity contribution in [2.75, 3.05) is 14.2 Å². The van der Waals surface area contributed by atoms with Crippen LogP contribution in [-0.2, 0) is 22.6 Å². The van der Waals surface area contributed by atoms with Crippen molar-refractivity contribution in [3.63, 3.8) is 0 Å². The van der Waals surface area contributed by atoms with Gasteiger partial charge in [0.15, 0.2) is 0 Å². The molecule has 0 atom stereocenters. The number of halogens is 6. The van der Waals surface area contributed by atoms with E-state index < -0.39 is 47.1 Å². The molecule has 4 N–H and O–H groups in total. The van der Waals surface area contributed by atoms with Crippen molar-refractivity contribution in [3.8, 4) is 23.0 Å². The summed E-state index contributed by atoms with van der Waals surface area (Å²) in [5.74, 6) is -4.22. The van der Waals surface area contributed by atoms with E-state index in [0.29, 0.717) is 32.7 Å². The van der Waals surface area contributed by atoms with Crippen LogP contribution in [0.3, 0.4) is 0 Å². The van der Waals surface area contributed by atoms with Gasteiger partial charge in [-0.2, -0.15) is 0 Å². The number of carboxylic acids is 1. The maximum atomic E-state index is 14.0. The van der Waals surface area contributed by atoms with Crippen LogP contribution in [-0.4, -0.2) is 43.1 Å². The highest BCUT2D eigenvalue weighted by atomic mass is 35.5. The van der Waals surface area contributed by atoms with Gasteiger partial charge < -0.3 is 35.1 Å². The second-order valence-corrected chi connectivity index (χ2v) is 13.1. The Morgan fingerprint density at radius 1 is 0.574 bits per heavy atom. The zero-order valence-electron chi connectivity index (χ0n) is 32.0. The molecule has 0 aliphatic carbocycles. The Balaban J connectivity index is 0.000000223. The Morgan fingerprint density at radius 2 is 1.00 bits per heavy atom. The van der Waals surface area contributed by atoms with E-state index in [-0.39, 0.29) is 46.8 Å². The molecule has 0 bridgehead atoms. The third kappa shape index (κ3) is 13.8. The molecule has 0 saturated carbocycles. The van der Waals surface area contributed by atoms with E-state index in [2.05, 4.69) is 14.8 Å². The number of amides is 1. The Kier molecular flexibility index (Phi) is 17.2. The standard InChI is InChI=1S/C22H16ClF2NO4.C13H8ClFO3.C9H10FNO2/c1-29-22(28)17-8-2-13(10-19(17)25)12-26-21(27)18-11-14(23)3-9-20(18)30-16-6-4-15(24)5-7-16;14-8-1-6-12(11(7-8)13(16)17)18-10-4-2-9(15)3-5-10;1-13-9(12)7-3-2-6(5-11)4-8(7)10/h2-11H,12H2,1H3,(H,26,27);1-7H,(H,16,17);2-4H,5,11H2,1H3. The van der Waals surface area contributed by atoms with Crippen LogP contribution in [0, 0.1) is 23.3 Å². The molecule has 0 heterocycles. The van der Waals surface area contributed by atoms with Crippen LogP contribution in [0.25, 0.3) is 0 Å². The quantitative estimate of drug-likeness (QED) is 0.0843. The number of hydrogen-bond acceptors (Lipinski definition) is 9. The fraction of sp³-hybridized carbons (Fsp3) is 0.0909. The summed E-state index contributed by atoms with van der Waals surface area (Å²) in [6.07, 6.45) is 0. The number of aromatic carboxylic acids is 1. The molecule has 0 aliphatic heterocycles. The molecule has 0 saturated heterocycles. The average molecular weight is 882 g/mol. The van der Waals surface area contributed by atoms with E-state index in [1.54, 1.807) is 12.1 Å². The number of hydrogen-bond donors (Lipinski definition) is 3. The molecule has 6 aromatic carbocycles. The Hall–Kier alpha value is -6.94. The zero-order chi connectivity index (χ0) is 44.6. The van der Waals surface area contributed by atoms with E-state index in [1.807, 2.05) is 0 Å². The Labute approximate surface area is 356 Å². The van der Waals surface area contributed by atoms with Gasteiger partial charge in [0.25, 0.3) is 5.91 Å². The van der Waals surface area contributed by atoms with Crippen LogP contribution >= 0.6 is 23.2 Å². The third-order valence-corrected chi connectivity index (χ3v) is 8.48. The molecule has 6 aromatic rings. The van der Waals surface area contributed by atoms with Crippen LogP contribution in [0.5, 0.6) is 23.0 Å². The lowest BCUT2D eigenvalue weighted by molar-refractivity contribution is 0.0586. The van der Waals surface area contributed by atoms with Crippen LogP contribution in [0.1, 0.15) is 52.6 Å². The summed E-state index contributed by atoms with van der Waals surface area (Å²) < 4.78 is 72.9. The van der Waals surface area contributed by atoms with Crippen molar-refractivity contribution in [1.29, 1.82) is 0 Å². The zero-order valence-corrected chi connectivity index (χ0v) is 33.5. The van der Waals surface area contributed by atoms with Gasteiger partial charge in [0.05, 0.1) is 30.9 Å². The molecule has 0 radical (unpaired) electrons. The van der Waals surface area contributed by atoms with E-state index in [0.717, 1.165) is 13.2 Å². The largest absolute Gasteiger partial charge is 0.478 e. The number of nitrogens with one attached hydrogen (secondary N) is 1. The van der Waals surface area contributed by atoms with E-state index in [4.69, 9.17) is 43.5 Å². The number of carbonyl (C=O) groups excluding carboxylic acids is 3. The summed E-state index contributed by atoms with van der Waals surface area (Å²) in [7, 11) is 2.37. The first-order valence-corrected chi connectivity index (χ1v) is 18.3. The van der Waals surface area contributed by atoms with Gasteiger partial charge >= 0.3 is 17.9 Å². The molecule has 316 valence electrons. The smallest absolute Gasteiger partial charge is 0.340 e. The molecule has 17 heteroatoms. The van der Waals surface area contributed by atoms with Gasteiger partial charge in [0.2, 0.25) is 0 Å². The van der Waals surface area contributed by atoms with Gasteiger partial charge in [0.1, 0.15) is 51.8 Å². The minimum absolute atomic E-state index is 0.000290. The Bertz CT molecular complexity index is 2510. The molecule has 6 rings (SSSR count). The lowest BCUT2D eigenvalue weighted by Gasteiger charge is -2.12. The molecule has 11 nitrogen and oxygen atoms in total. The van der Waals surface area contributed by atoms with Crippen LogP contribution in [0.2, 0.25) is 10.0 Å². The maximum absolute atomic E-state index is 14.0. The minimum atomic E-state index is -1.14. The number of methoxy groups -OCH3 is 2. The molecule has 61 heavy (non-hydrogen) atoms. The second-order valence-electron chi connectivity index (χ2n) is 12.2. The van der Waals surface area contributed by atoms with Gasteiger partial charge in [-0.3, -0.25) is 4.79 Å². The van der Waals surface area contributed by atoms with Crippen molar-refractivity contribution >= 4 is 47.0 Å². The van der Waals surface area contributed by atoms with Gasteiger partial charge in [-0.25, -0.2) is 31.9 Å². The lowest BCUT2D eigenvalue weighted by atomic mass is 10.1. The summed E-state index contributed by atoms with van der Waals surface area (Å²) in [5, 5.41) is 12.3. The van der Waals surface area contributed by atoms with Crippen molar-refractivity contribution in [2.24, 2.45) is 5.73 Å². The number of esters is 2. The van der Waals surface area contributed by atoms with Gasteiger partial charge in [-0.15, -0.1) is 0 Å². The average Bonchev–Trinajstić information content (AvgIpc) is 3.25. The first-order valence-electron chi connectivity index (χ1n) is 17.5. The maximum Gasteiger partial charge on any atom is 0.340 e. The fourth-order valence-corrected chi connectivity index (χ4v) is 5.31. The molecule has 0 aromatic heterocycles. The normalized spacial score (nSPS) is 10.2. The number of benzene rings is 6. The molecular weight excluding hydrogens is 847 g/mol. The number of nitrogens with two attached hydrogens (primary N) is 1. The summed E-state index contributed by atoms with van der Waals surface area (Å²) in [4.78, 5) is 46.1.